The van der Waals surface area contributed by atoms with E-state index in [4.69, 9.17) is 21.7 Å². The molecule has 1 heterocycles. The number of carbonyl (C=O) groups is 1. The lowest BCUT2D eigenvalue weighted by Crippen LogP contribution is -2.34. The first-order valence-corrected chi connectivity index (χ1v) is 11.3. The van der Waals surface area contributed by atoms with Gasteiger partial charge < -0.3 is 14.8 Å². The summed E-state index contributed by atoms with van der Waals surface area (Å²) in [7, 11) is 0. The number of fused-ring (bicyclic) bond motifs is 1. The lowest BCUT2D eigenvalue weighted by molar-refractivity contribution is 0.0977. The minimum atomic E-state index is -0.305. The van der Waals surface area contributed by atoms with Gasteiger partial charge >= 0.3 is 0 Å². The maximum absolute atomic E-state index is 12.5. The molecule has 0 aliphatic rings. The van der Waals surface area contributed by atoms with Gasteiger partial charge in [-0.25, -0.2) is 0 Å². The molecule has 174 valence electrons. The number of benzene rings is 3. The average Bonchev–Trinajstić information content (AvgIpc) is 3.23. The van der Waals surface area contributed by atoms with Gasteiger partial charge in [0, 0.05) is 11.3 Å². The summed E-state index contributed by atoms with van der Waals surface area (Å²) in [6.07, 6.45) is 0. The Bertz CT molecular complexity index is 1320. The fourth-order valence-corrected chi connectivity index (χ4v) is 3.56. The van der Waals surface area contributed by atoms with E-state index in [0.29, 0.717) is 30.0 Å². The second-order valence-corrected chi connectivity index (χ2v) is 7.85. The topological polar surface area (TPSA) is 90.3 Å². The summed E-state index contributed by atoms with van der Waals surface area (Å²) in [5, 5.41) is 15.1. The first-order valence-electron chi connectivity index (χ1n) is 10.9. The van der Waals surface area contributed by atoms with Crippen LogP contribution in [0.15, 0.2) is 60.7 Å². The highest BCUT2D eigenvalue weighted by Crippen LogP contribution is 2.23. The van der Waals surface area contributed by atoms with Crippen molar-refractivity contribution in [1.82, 2.24) is 20.3 Å². The Hall–Kier alpha value is -3.98. The second-order valence-electron chi connectivity index (χ2n) is 7.44. The van der Waals surface area contributed by atoms with Crippen molar-refractivity contribution >= 4 is 40.0 Å². The number of rotatable bonds is 7. The van der Waals surface area contributed by atoms with E-state index in [1.165, 1.54) is 0 Å². The minimum absolute atomic E-state index is 0.195. The molecule has 0 spiro atoms. The number of ether oxygens (including phenoxy) is 2. The van der Waals surface area contributed by atoms with Crippen LogP contribution in [0.2, 0.25) is 0 Å². The van der Waals surface area contributed by atoms with Gasteiger partial charge in [0.15, 0.2) is 5.11 Å². The predicted octanol–water partition coefficient (Wildman–Crippen LogP) is 4.65. The van der Waals surface area contributed by atoms with Crippen LogP contribution in [0.3, 0.4) is 0 Å². The molecule has 4 rings (SSSR count). The number of hydrogen-bond donors (Lipinski definition) is 2. The number of anilines is 1. The van der Waals surface area contributed by atoms with Crippen LogP contribution in [0.5, 0.6) is 11.5 Å². The quantitative estimate of drug-likeness (QED) is 0.376. The first kappa shape index (κ1) is 23.2. The van der Waals surface area contributed by atoms with Gasteiger partial charge in [-0.15, -0.1) is 10.2 Å². The van der Waals surface area contributed by atoms with E-state index in [2.05, 4.69) is 20.8 Å². The van der Waals surface area contributed by atoms with Crippen molar-refractivity contribution in [2.24, 2.45) is 0 Å². The zero-order valence-corrected chi connectivity index (χ0v) is 20.0. The first-order chi connectivity index (χ1) is 16.5. The standard InChI is InChI=1S/C25H25N5O3S/c1-4-32-19-10-6-17(7-11-19)24(31)27-25(34)26-21-15-23-22(14-16(21)3)28-30(29-23)18-8-12-20(13-9-18)33-5-2/h6-15H,4-5H2,1-3H3,(H2,26,27,31,34). The molecule has 0 saturated heterocycles. The number of carbonyl (C=O) groups excluding carboxylic acids is 1. The van der Waals surface area contributed by atoms with Crippen molar-refractivity contribution in [3.05, 3.63) is 71.8 Å². The molecule has 0 aliphatic heterocycles. The molecular weight excluding hydrogens is 450 g/mol. The third kappa shape index (κ3) is 5.32. The lowest BCUT2D eigenvalue weighted by Gasteiger charge is -2.12. The summed E-state index contributed by atoms with van der Waals surface area (Å²) in [6.45, 7) is 6.97. The molecular formula is C25H25N5O3S. The predicted molar refractivity (Wildman–Crippen MR) is 136 cm³/mol. The molecule has 0 saturated carbocycles. The van der Waals surface area contributed by atoms with Crippen molar-refractivity contribution in [2.75, 3.05) is 18.5 Å². The molecule has 8 nitrogen and oxygen atoms in total. The van der Waals surface area contributed by atoms with Gasteiger partial charge in [-0.3, -0.25) is 10.1 Å². The van der Waals surface area contributed by atoms with Crippen LogP contribution < -0.4 is 20.1 Å². The Morgan fingerprint density at radius 3 is 2.06 bits per heavy atom. The Morgan fingerprint density at radius 2 is 1.47 bits per heavy atom. The molecule has 0 bridgehead atoms. The number of aromatic nitrogens is 3. The smallest absolute Gasteiger partial charge is 0.257 e. The lowest BCUT2D eigenvalue weighted by atomic mass is 10.2. The van der Waals surface area contributed by atoms with Crippen LogP contribution in [-0.2, 0) is 0 Å². The average molecular weight is 476 g/mol. The number of aryl methyl sites for hydroxylation is 1. The fourth-order valence-electron chi connectivity index (χ4n) is 3.36. The third-order valence-electron chi connectivity index (χ3n) is 5.01. The molecule has 34 heavy (non-hydrogen) atoms. The zero-order valence-electron chi connectivity index (χ0n) is 19.2. The summed E-state index contributed by atoms with van der Waals surface area (Å²) < 4.78 is 10.9. The van der Waals surface area contributed by atoms with Gasteiger partial charge in [-0.1, -0.05) is 0 Å². The van der Waals surface area contributed by atoms with Crippen molar-refractivity contribution < 1.29 is 14.3 Å². The van der Waals surface area contributed by atoms with Crippen LogP contribution in [0.25, 0.3) is 16.7 Å². The highest BCUT2D eigenvalue weighted by molar-refractivity contribution is 7.80. The Labute approximate surface area is 202 Å². The van der Waals surface area contributed by atoms with Crippen LogP contribution in [-0.4, -0.2) is 39.2 Å². The summed E-state index contributed by atoms with van der Waals surface area (Å²) in [5.74, 6) is 1.20. The third-order valence-corrected chi connectivity index (χ3v) is 5.21. The van der Waals surface area contributed by atoms with Crippen molar-refractivity contribution in [1.29, 1.82) is 0 Å². The molecule has 0 unspecified atom stereocenters. The van der Waals surface area contributed by atoms with Crippen molar-refractivity contribution in [2.45, 2.75) is 20.8 Å². The normalized spacial score (nSPS) is 10.7. The summed E-state index contributed by atoms with van der Waals surface area (Å²) in [5.41, 5.74) is 4.42. The summed E-state index contributed by atoms with van der Waals surface area (Å²) >= 11 is 5.36. The van der Waals surface area contributed by atoms with Gasteiger partial charge in [0.05, 0.1) is 18.9 Å². The Morgan fingerprint density at radius 1 is 0.912 bits per heavy atom. The van der Waals surface area contributed by atoms with Crippen LogP contribution >= 0.6 is 12.2 Å². The highest BCUT2D eigenvalue weighted by Gasteiger charge is 2.12. The monoisotopic (exact) mass is 475 g/mol. The van der Waals surface area contributed by atoms with Gasteiger partial charge in [0.1, 0.15) is 22.5 Å². The number of nitrogens with zero attached hydrogens (tertiary/aromatic N) is 3. The molecule has 0 aliphatic carbocycles. The molecule has 3 aromatic carbocycles. The van der Waals surface area contributed by atoms with E-state index in [1.54, 1.807) is 29.1 Å². The number of nitrogens with one attached hydrogen (secondary N) is 2. The van der Waals surface area contributed by atoms with Gasteiger partial charge in [-0.2, -0.15) is 4.80 Å². The zero-order chi connectivity index (χ0) is 24.1. The van der Waals surface area contributed by atoms with E-state index < -0.39 is 0 Å². The number of thiocarbonyl (C=S) groups is 1. The molecule has 1 aromatic heterocycles. The molecule has 2 N–H and O–H groups in total. The van der Waals surface area contributed by atoms with E-state index in [0.717, 1.165) is 28.2 Å². The van der Waals surface area contributed by atoms with Crippen molar-refractivity contribution in [3.8, 4) is 17.2 Å². The van der Waals surface area contributed by atoms with Gasteiger partial charge in [0.2, 0.25) is 0 Å². The molecule has 9 heteroatoms. The van der Waals surface area contributed by atoms with E-state index in [1.807, 2.05) is 57.2 Å². The second kappa shape index (κ2) is 10.3. The Balaban J connectivity index is 1.46. The fraction of sp³-hybridized carbons (Fsp3) is 0.200. The van der Waals surface area contributed by atoms with Gasteiger partial charge in [0.25, 0.3) is 5.91 Å². The molecule has 0 atom stereocenters. The summed E-state index contributed by atoms with van der Waals surface area (Å²) in [6, 6.07) is 18.3. The molecule has 0 radical (unpaired) electrons. The maximum atomic E-state index is 12.5. The van der Waals surface area contributed by atoms with Crippen molar-refractivity contribution in [3.63, 3.8) is 0 Å². The Kier molecular flexibility index (Phi) is 7.03. The van der Waals surface area contributed by atoms with Crippen LogP contribution in [0.4, 0.5) is 5.69 Å². The maximum Gasteiger partial charge on any atom is 0.257 e. The number of amides is 1. The van der Waals surface area contributed by atoms with Crippen LogP contribution in [0, 0.1) is 6.92 Å². The molecule has 0 fully saturated rings. The SMILES string of the molecule is CCOc1ccc(C(=O)NC(=S)Nc2cc3nn(-c4ccc(OCC)cc4)nc3cc2C)cc1. The van der Waals surface area contributed by atoms with E-state index >= 15 is 0 Å². The van der Waals surface area contributed by atoms with Gasteiger partial charge in [-0.05, 0) is 99.2 Å². The van der Waals surface area contributed by atoms with E-state index in [-0.39, 0.29) is 11.0 Å². The van der Waals surface area contributed by atoms with Crippen LogP contribution in [0.1, 0.15) is 29.8 Å². The number of hydrogen-bond acceptors (Lipinski definition) is 6. The molecule has 1 amide bonds. The summed E-state index contributed by atoms with van der Waals surface area (Å²) in [4.78, 5) is 14.1. The van der Waals surface area contributed by atoms with E-state index in [9.17, 15) is 4.79 Å². The minimum Gasteiger partial charge on any atom is -0.494 e. The molecule has 4 aromatic rings. The largest absolute Gasteiger partial charge is 0.494 e. The highest BCUT2D eigenvalue weighted by atomic mass is 32.1.